The lowest BCUT2D eigenvalue weighted by atomic mass is 10.1. The zero-order chi connectivity index (χ0) is 17.6. The Morgan fingerprint density at radius 3 is 2.52 bits per heavy atom. The summed E-state index contributed by atoms with van der Waals surface area (Å²) in [6.45, 7) is 3.50. The van der Waals surface area contributed by atoms with E-state index in [1.807, 2.05) is 0 Å². The third-order valence-corrected chi connectivity index (χ3v) is 5.50. The summed E-state index contributed by atoms with van der Waals surface area (Å²) >= 11 is 0. The smallest absolute Gasteiger partial charge is 0.305 e. The second-order valence-corrected chi connectivity index (χ2v) is 7.24. The third kappa shape index (κ3) is 5.54. The molecule has 1 atom stereocenters. The molecule has 0 saturated heterocycles. The van der Waals surface area contributed by atoms with Crippen molar-refractivity contribution in [3.63, 3.8) is 0 Å². The second-order valence-electron chi connectivity index (χ2n) is 5.09. The molecule has 0 heterocycles. The Balaban J connectivity index is 2.71. The molecule has 5 nitrogen and oxygen atoms in total. The zero-order valence-corrected chi connectivity index (χ0v) is 14.2. The maximum Gasteiger partial charge on any atom is 0.305 e. The first-order valence-corrected chi connectivity index (χ1v) is 8.86. The molecule has 1 aromatic carbocycles. The fourth-order valence-corrected chi connectivity index (χ4v) is 3.40. The van der Waals surface area contributed by atoms with E-state index in [1.54, 1.807) is 13.8 Å². The Morgan fingerprint density at radius 2 is 1.96 bits per heavy atom. The number of nitrogens with zero attached hydrogens (tertiary/aromatic N) is 1. The van der Waals surface area contributed by atoms with Crippen LogP contribution in [0.4, 0.5) is 8.78 Å². The van der Waals surface area contributed by atoms with Gasteiger partial charge in [0.1, 0.15) is 0 Å². The lowest BCUT2D eigenvalue weighted by Gasteiger charge is -2.24. The molecule has 23 heavy (non-hydrogen) atoms. The maximum absolute atomic E-state index is 13.3. The minimum Gasteiger partial charge on any atom is -0.466 e. The molecule has 0 fully saturated rings. The molecule has 130 valence electrons. The number of rotatable bonds is 8. The molecule has 0 aliphatic rings. The topological polar surface area (TPSA) is 63.7 Å². The highest BCUT2D eigenvalue weighted by atomic mass is 32.2. The van der Waals surface area contributed by atoms with Crippen LogP contribution in [-0.2, 0) is 19.6 Å². The number of hydrogen-bond donors (Lipinski definition) is 0. The van der Waals surface area contributed by atoms with Crippen LogP contribution in [0, 0.1) is 11.6 Å². The molecule has 0 aliphatic heterocycles. The molecule has 0 unspecified atom stereocenters. The number of halogens is 2. The van der Waals surface area contributed by atoms with Crippen molar-refractivity contribution in [1.82, 2.24) is 4.31 Å². The lowest BCUT2D eigenvalue weighted by molar-refractivity contribution is -0.143. The molecular formula is C15H21F2NO4S. The minimum atomic E-state index is -3.63. The Bertz CT molecular complexity index is 649. The van der Waals surface area contributed by atoms with Gasteiger partial charge in [0.05, 0.1) is 12.4 Å². The summed E-state index contributed by atoms with van der Waals surface area (Å²) in [7, 11) is -2.27. The van der Waals surface area contributed by atoms with E-state index in [-0.39, 0.29) is 25.2 Å². The average Bonchev–Trinajstić information content (AvgIpc) is 2.48. The van der Waals surface area contributed by atoms with Gasteiger partial charge in [-0.05, 0) is 38.0 Å². The second kappa shape index (κ2) is 8.35. The fourth-order valence-electron chi connectivity index (χ4n) is 2.00. The summed E-state index contributed by atoms with van der Waals surface area (Å²) in [4.78, 5) is 11.2. The van der Waals surface area contributed by atoms with Gasteiger partial charge in [0, 0.05) is 19.5 Å². The van der Waals surface area contributed by atoms with Gasteiger partial charge in [-0.25, -0.2) is 17.2 Å². The fraction of sp³-hybridized carbons (Fsp3) is 0.533. The van der Waals surface area contributed by atoms with Gasteiger partial charge in [-0.3, -0.25) is 4.79 Å². The van der Waals surface area contributed by atoms with E-state index in [1.165, 1.54) is 13.1 Å². The SMILES string of the molecule is CCOC(=O)CCCS(=O)(=O)N(C)[C@@H](C)c1ccc(F)c(F)c1. The van der Waals surface area contributed by atoms with E-state index in [2.05, 4.69) is 0 Å². The van der Waals surface area contributed by atoms with E-state index in [0.29, 0.717) is 5.56 Å². The number of sulfonamides is 1. The van der Waals surface area contributed by atoms with Crippen LogP contribution in [-0.4, -0.2) is 38.1 Å². The molecule has 0 spiro atoms. The van der Waals surface area contributed by atoms with E-state index in [9.17, 15) is 22.0 Å². The van der Waals surface area contributed by atoms with Gasteiger partial charge in [-0.1, -0.05) is 6.07 Å². The molecule has 0 N–H and O–H groups in total. The van der Waals surface area contributed by atoms with Crippen molar-refractivity contribution in [2.24, 2.45) is 0 Å². The highest BCUT2D eigenvalue weighted by Crippen LogP contribution is 2.23. The van der Waals surface area contributed by atoms with E-state index < -0.39 is 33.7 Å². The zero-order valence-electron chi connectivity index (χ0n) is 13.4. The summed E-state index contributed by atoms with van der Waals surface area (Å²) in [5.41, 5.74) is 0.348. The van der Waals surface area contributed by atoms with Crippen LogP contribution in [0.15, 0.2) is 18.2 Å². The molecule has 0 amide bonds. The first-order chi connectivity index (χ1) is 10.7. The van der Waals surface area contributed by atoms with Gasteiger partial charge in [-0.2, -0.15) is 4.31 Å². The van der Waals surface area contributed by atoms with Crippen molar-refractivity contribution in [2.45, 2.75) is 32.7 Å². The Morgan fingerprint density at radius 1 is 1.30 bits per heavy atom. The number of ether oxygens (including phenoxy) is 1. The van der Waals surface area contributed by atoms with Crippen molar-refractivity contribution in [3.05, 3.63) is 35.4 Å². The summed E-state index contributed by atoms with van der Waals surface area (Å²) in [6, 6.07) is 2.62. The number of carbonyl (C=O) groups is 1. The summed E-state index contributed by atoms with van der Waals surface area (Å²) in [6.07, 6.45) is 0.149. The van der Waals surface area contributed by atoms with Gasteiger partial charge >= 0.3 is 5.97 Å². The molecule has 0 aliphatic carbocycles. The number of hydrogen-bond acceptors (Lipinski definition) is 4. The van der Waals surface area contributed by atoms with Gasteiger partial charge in [0.15, 0.2) is 11.6 Å². The highest BCUT2D eigenvalue weighted by molar-refractivity contribution is 7.89. The molecular weight excluding hydrogens is 328 g/mol. The number of benzene rings is 1. The van der Waals surface area contributed by atoms with Gasteiger partial charge < -0.3 is 4.74 Å². The molecule has 0 radical (unpaired) electrons. The van der Waals surface area contributed by atoms with Gasteiger partial charge in [0.2, 0.25) is 10.0 Å². The van der Waals surface area contributed by atoms with E-state index in [4.69, 9.17) is 4.74 Å². The van der Waals surface area contributed by atoms with Crippen molar-refractivity contribution in [2.75, 3.05) is 19.4 Å². The van der Waals surface area contributed by atoms with Crippen LogP contribution in [0.25, 0.3) is 0 Å². The summed E-state index contributed by atoms with van der Waals surface area (Å²) < 4.78 is 56.5. The van der Waals surface area contributed by atoms with Crippen LogP contribution in [0.3, 0.4) is 0 Å². The Hall–Kier alpha value is -1.54. The number of esters is 1. The molecule has 8 heteroatoms. The molecule has 0 aromatic heterocycles. The van der Waals surface area contributed by atoms with Crippen molar-refractivity contribution in [3.8, 4) is 0 Å². The summed E-state index contributed by atoms with van der Waals surface area (Å²) in [5, 5.41) is 0. The maximum atomic E-state index is 13.3. The van der Waals surface area contributed by atoms with E-state index >= 15 is 0 Å². The molecule has 0 saturated carbocycles. The van der Waals surface area contributed by atoms with Crippen LogP contribution in [0.5, 0.6) is 0 Å². The quantitative estimate of drug-likeness (QED) is 0.677. The van der Waals surface area contributed by atoms with Crippen molar-refractivity contribution >= 4 is 16.0 Å². The van der Waals surface area contributed by atoms with Crippen molar-refractivity contribution < 1.29 is 26.7 Å². The molecule has 0 bridgehead atoms. The predicted octanol–water partition coefficient (Wildman–Crippen LogP) is 2.63. The largest absolute Gasteiger partial charge is 0.466 e. The summed E-state index contributed by atoms with van der Waals surface area (Å²) in [5.74, 6) is -2.68. The first-order valence-electron chi connectivity index (χ1n) is 7.25. The predicted molar refractivity (Wildman–Crippen MR) is 82.2 cm³/mol. The molecule has 1 aromatic rings. The van der Waals surface area contributed by atoms with Crippen LogP contribution >= 0.6 is 0 Å². The van der Waals surface area contributed by atoms with Crippen molar-refractivity contribution in [1.29, 1.82) is 0 Å². The normalized spacial score (nSPS) is 13.1. The Kier molecular flexibility index (Phi) is 7.08. The Labute approximate surface area is 135 Å². The standard InChI is InChI=1S/C15H21F2NO4S/c1-4-22-15(19)6-5-9-23(20,21)18(3)11(2)12-7-8-13(16)14(17)10-12/h7-8,10-11H,4-6,9H2,1-3H3/t11-/m0/s1. The van der Waals surface area contributed by atoms with E-state index in [0.717, 1.165) is 16.4 Å². The number of carbonyl (C=O) groups excluding carboxylic acids is 1. The average molecular weight is 349 g/mol. The lowest BCUT2D eigenvalue weighted by Crippen LogP contribution is -2.32. The van der Waals surface area contributed by atoms with Crippen LogP contribution in [0.1, 0.15) is 38.3 Å². The van der Waals surface area contributed by atoms with Gasteiger partial charge in [0.25, 0.3) is 0 Å². The minimum absolute atomic E-state index is 0.0144. The van der Waals surface area contributed by atoms with Crippen LogP contribution < -0.4 is 0 Å². The van der Waals surface area contributed by atoms with Crippen LogP contribution in [0.2, 0.25) is 0 Å². The first kappa shape index (κ1) is 19.5. The third-order valence-electron chi connectivity index (χ3n) is 3.50. The monoisotopic (exact) mass is 349 g/mol. The highest BCUT2D eigenvalue weighted by Gasteiger charge is 2.25. The molecule has 1 rings (SSSR count). The van der Waals surface area contributed by atoms with Gasteiger partial charge in [-0.15, -0.1) is 0 Å².